The van der Waals surface area contributed by atoms with E-state index in [1.165, 1.54) is 0 Å². The first kappa shape index (κ1) is 15.4. The third-order valence-corrected chi connectivity index (χ3v) is 5.24. The summed E-state index contributed by atoms with van der Waals surface area (Å²) in [5.74, 6) is 2.50. The molecule has 0 spiro atoms. The van der Waals surface area contributed by atoms with Crippen LogP contribution >= 0.6 is 27.5 Å². The molecule has 2 nitrogen and oxygen atoms in total. The predicted molar refractivity (Wildman–Crippen MR) is 81.8 cm³/mol. The number of hydrogen-bond donors (Lipinski definition) is 0. The SMILES string of the molecule is C#CC=CCC1OC2CC1OC(CC)C(Br)CC2Cl. The highest BCUT2D eigenvalue weighted by molar-refractivity contribution is 9.09. The van der Waals surface area contributed by atoms with Crippen molar-refractivity contribution in [3.05, 3.63) is 12.2 Å². The van der Waals surface area contributed by atoms with Gasteiger partial charge in [0.2, 0.25) is 0 Å². The summed E-state index contributed by atoms with van der Waals surface area (Å²) in [6, 6.07) is 0. The molecule has 106 valence electrons. The summed E-state index contributed by atoms with van der Waals surface area (Å²) in [5.41, 5.74) is 0. The maximum Gasteiger partial charge on any atom is 0.0876 e. The summed E-state index contributed by atoms with van der Waals surface area (Å²) < 4.78 is 12.3. The first-order chi connectivity index (χ1) is 9.15. The van der Waals surface area contributed by atoms with Crippen LogP contribution in [0.2, 0.25) is 0 Å². The zero-order valence-electron chi connectivity index (χ0n) is 11.1. The Morgan fingerprint density at radius 1 is 1.32 bits per heavy atom. The maximum atomic E-state index is 6.47. The molecule has 0 aromatic heterocycles. The molecule has 6 atom stereocenters. The van der Waals surface area contributed by atoms with Crippen LogP contribution in [0.5, 0.6) is 0 Å². The minimum atomic E-state index is 0.0476. The number of rotatable bonds is 3. The number of hydrogen-bond acceptors (Lipinski definition) is 2. The van der Waals surface area contributed by atoms with Crippen LogP contribution in [0.1, 0.15) is 32.6 Å². The van der Waals surface area contributed by atoms with Crippen LogP contribution in [0, 0.1) is 12.3 Å². The third-order valence-electron chi connectivity index (χ3n) is 3.82. The van der Waals surface area contributed by atoms with Crippen molar-refractivity contribution in [1.82, 2.24) is 0 Å². The Kier molecular flexibility index (Phi) is 5.77. The van der Waals surface area contributed by atoms with Crippen molar-refractivity contribution in [3.8, 4) is 12.3 Å². The Bertz CT molecular complexity index is 366. The van der Waals surface area contributed by atoms with E-state index in [2.05, 4.69) is 28.8 Å². The fraction of sp³-hybridized carbons (Fsp3) is 0.733. The molecule has 2 fully saturated rings. The van der Waals surface area contributed by atoms with Crippen molar-refractivity contribution in [3.63, 3.8) is 0 Å². The molecule has 0 aromatic carbocycles. The van der Waals surface area contributed by atoms with Gasteiger partial charge in [0.25, 0.3) is 0 Å². The molecule has 0 amide bonds. The number of terminal acetylenes is 1. The summed E-state index contributed by atoms with van der Waals surface area (Å²) >= 11 is 10.2. The summed E-state index contributed by atoms with van der Waals surface area (Å²) in [7, 11) is 0. The number of alkyl halides is 2. The van der Waals surface area contributed by atoms with Gasteiger partial charge in [0.15, 0.2) is 0 Å². The highest BCUT2D eigenvalue weighted by atomic mass is 79.9. The number of halogens is 2. The van der Waals surface area contributed by atoms with Crippen LogP contribution < -0.4 is 0 Å². The molecule has 2 rings (SSSR count). The van der Waals surface area contributed by atoms with E-state index in [9.17, 15) is 0 Å². The molecule has 2 bridgehead atoms. The van der Waals surface area contributed by atoms with E-state index in [0.717, 1.165) is 25.7 Å². The molecule has 0 radical (unpaired) electrons. The molecule has 6 unspecified atom stereocenters. The van der Waals surface area contributed by atoms with Gasteiger partial charge >= 0.3 is 0 Å². The molecule has 19 heavy (non-hydrogen) atoms. The van der Waals surface area contributed by atoms with Gasteiger partial charge < -0.3 is 9.47 Å². The van der Waals surface area contributed by atoms with E-state index >= 15 is 0 Å². The van der Waals surface area contributed by atoms with Gasteiger partial charge in [-0.2, -0.15) is 0 Å². The van der Waals surface area contributed by atoms with E-state index in [4.69, 9.17) is 27.5 Å². The lowest BCUT2D eigenvalue weighted by Gasteiger charge is -2.30. The molecule has 4 heteroatoms. The highest BCUT2D eigenvalue weighted by Gasteiger charge is 2.43. The van der Waals surface area contributed by atoms with Crippen LogP contribution in [-0.4, -0.2) is 34.6 Å². The fourth-order valence-corrected chi connectivity index (χ4v) is 4.25. The van der Waals surface area contributed by atoms with Crippen LogP contribution in [0.3, 0.4) is 0 Å². The van der Waals surface area contributed by atoms with E-state index in [1.54, 1.807) is 6.08 Å². The molecule has 2 heterocycles. The number of ether oxygens (including phenoxy) is 2. The first-order valence-electron chi connectivity index (χ1n) is 6.85. The Balaban J connectivity index is 2.07. The Morgan fingerprint density at radius 3 is 2.74 bits per heavy atom. The molecule has 2 aliphatic rings. The second-order valence-electron chi connectivity index (χ2n) is 5.14. The van der Waals surface area contributed by atoms with Crippen LogP contribution in [0.4, 0.5) is 0 Å². The maximum absolute atomic E-state index is 6.47. The number of allylic oxidation sites excluding steroid dienone is 1. The van der Waals surface area contributed by atoms with Crippen molar-refractivity contribution in [1.29, 1.82) is 0 Å². The van der Waals surface area contributed by atoms with Crippen LogP contribution in [-0.2, 0) is 9.47 Å². The monoisotopic (exact) mass is 346 g/mol. The second kappa shape index (κ2) is 7.13. The largest absolute Gasteiger partial charge is 0.371 e. The van der Waals surface area contributed by atoms with E-state index in [-0.39, 0.29) is 29.8 Å². The molecule has 0 N–H and O–H groups in total. The van der Waals surface area contributed by atoms with Crippen molar-refractivity contribution in [2.24, 2.45) is 0 Å². The lowest BCUT2D eigenvalue weighted by atomic mass is 9.99. The molecule has 0 aliphatic carbocycles. The van der Waals surface area contributed by atoms with Gasteiger partial charge in [-0.15, -0.1) is 18.0 Å². The van der Waals surface area contributed by atoms with Gasteiger partial charge in [0.1, 0.15) is 0 Å². The van der Waals surface area contributed by atoms with Gasteiger partial charge in [0, 0.05) is 11.2 Å². The fourth-order valence-electron chi connectivity index (χ4n) is 2.78. The van der Waals surface area contributed by atoms with Crippen LogP contribution in [0.25, 0.3) is 0 Å². The van der Waals surface area contributed by atoms with Crippen molar-refractivity contribution in [2.45, 2.75) is 67.2 Å². The van der Waals surface area contributed by atoms with E-state index in [1.807, 2.05) is 6.08 Å². The average Bonchev–Trinajstić information content (AvgIpc) is 2.79. The van der Waals surface area contributed by atoms with Crippen LogP contribution in [0.15, 0.2) is 12.2 Å². The van der Waals surface area contributed by atoms with Gasteiger partial charge in [-0.3, -0.25) is 0 Å². The van der Waals surface area contributed by atoms with Crippen molar-refractivity contribution in [2.75, 3.05) is 0 Å². The molecule has 2 aliphatic heterocycles. The molecule has 0 aromatic rings. The Labute approximate surface area is 129 Å². The molecule has 2 saturated heterocycles. The van der Waals surface area contributed by atoms with Gasteiger partial charge in [-0.25, -0.2) is 0 Å². The van der Waals surface area contributed by atoms with E-state index in [0.29, 0.717) is 4.83 Å². The third kappa shape index (κ3) is 3.76. The first-order valence-corrected chi connectivity index (χ1v) is 8.21. The molecule has 0 saturated carbocycles. The van der Waals surface area contributed by atoms with Crippen molar-refractivity contribution < 1.29 is 9.47 Å². The summed E-state index contributed by atoms with van der Waals surface area (Å²) in [6.07, 6.45) is 12.9. The van der Waals surface area contributed by atoms with Gasteiger partial charge in [-0.1, -0.05) is 34.9 Å². The lowest BCUT2D eigenvalue weighted by Crippen LogP contribution is -2.37. The zero-order valence-corrected chi connectivity index (χ0v) is 13.4. The number of fused-ring (bicyclic) bond motifs is 2. The standard InChI is InChI=1S/C15H20BrClO2/c1-3-5-6-7-13-15-9-14(19-13)11(17)8-10(16)12(4-2)18-15/h1,5-6,10-15H,4,7-9H2,2H3. The highest BCUT2D eigenvalue weighted by Crippen LogP contribution is 2.37. The zero-order chi connectivity index (χ0) is 13.8. The topological polar surface area (TPSA) is 18.5 Å². The predicted octanol–water partition coefficient (Wildman–Crippen LogP) is 3.66. The minimum absolute atomic E-state index is 0.0476. The lowest BCUT2D eigenvalue weighted by molar-refractivity contribution is -0.0500. The quantitative estimate of drug-likeness (QED) is 0.573. The smallest absolute Gasteiger partial charge is 0.0876 e. The van der Waals surface area contributed by atoms with E-state index < -0.39 is 0 Å². The minimum Gasteiger partial charge on any atom is -0.371 e. The average molecular weight is 348 g/mol. The summed E-state index contributed by atoms with van der Waals surface area (Å²) in [4.78, 5) is 0.300. The summed E-state index contributed by atoms with van der Waals surface area (Å²) in [5, 5.41) is 0.0476. The normalized spacial score (nSPS) is 42.8. The Morgan fingerprint density at radius 2 is 2.05 bits per heavy atom. The van der Waals surface area contributed by atoms with Gasteiger partial charge in [0.05, 0.1) is 29.8 Å². The molecular formula is C15H20BrClO2. The van der Waals surface area contributed by atoms with Crippen molar-refractivity contribution >= 4 is 27.5 Å². The Hall–Kier alpha value is -0.0100. The molecular weight excluding hydrogens is 328 g/mol. The summed E-state index contributed by atoms with van der Waals surface area (Å²) in [6.45, 7) is 2.14. The van der Waals surface area contributed by atoms with Gasteiger partial charge in [-0.05, 0) is 25.3 Å². The second-order valence-corrected chi connectivity index (χ2v) is 6.88.